The number of nitrogens with two attached hydrogens (primary N) is 4. The molecule has 4 atom stereocenters. The van der Waals surface area contributed by atoms with E-state index in [1.54, 1.807) is 0 Å². The largest absolute Gasteiger partial charge is 0.549 e. The Morgan fingerprint density at radius 3 is 0.717 bits per heavy atom. The van der Waals surface area contributed by atoms with Crippen LogP contribution in [0.3, 0.4) is 0 Å². The molecule has 482 valence electrons. The molecule has 0 fully saturated rings. The van der Waals surface area contributed by atoms with Gasteiger partial charge in [0.1, 0.15) is 23.0 Å². The standard InChI is InChI=1S/4C15H15INO.C10H16N2O8/c4*1-10-7-8-12-11-5-3-4-6-13(11)15(2,16-17)18-14(12)9-10;13-7(14)3-11(4-8(15)16)1-2-12(5-9(17)18)6-10(19)20/h4*3-9H,17H2,1-2H3;1-6H2,(H,13,14)(H,15,16)(H,17,18)(H,19,20)/q4*+1;/p-4. The number of hydrogen-bond acceptors (Lipinski definition) is 18. The number of fused-ring (bicyclic) bond motifs is 12. The van der Waals surface area contributed by atoms with Crippen LogP contribution in [0.15, 0.2) is 170 Å². The smallest absolute Gasteiger partial charge is 0.439 e. The van der Waals surface area contributed by atoms with Crippen LogP contribution < -0.4 is 141 Å². The SMILES string of the molecule is Cc1ccc2c(c1)OC(C)([I+]N)c1ccccc1-2.Cc1ccc2c(c1)OC(C)([I+]N)c1ccccc1-2.Cc1ccc2c(c1)OC(C)([I+]N)c1ccccc1-2.Cc1ccc2c(c1)OC(C)([I+]N)c1ccccc1-2.O=C([O-])CN(CCN(CC(=O)[O-])CC(=O)[O-])CC(=O)[O-]. The predicted octanol–water partition coefficient (Wildman–Crippen LogP) is -6.65. The number of aryl methyl sites for hydroxylation is 4. The third-order valence-electron chi connectivity index (χ3n) is 15.5. The molecule has 8 N–H and O–H groups in total. The molecule has 0 bridgehead atoms. The number of aliphatic carboxylic acids is 4. The van der Waals surface area contributed by atoms with E-state index < -0.39 is 136 Å². The fourth-order valence-electron chi connectivity index (χ4n) is 11.0. The van der Waals surface area contributed by atoms with Crippen molar-refractivity contribution in [3.63, 3.8) is 0 Å². The Bertz CT molecular complexity index is 3510. The van der Waals surface area contributed by atoms with Crippen molar-refractivity contribution in [2.75, 3.05) is 39.3 Å². The van der Waals surface area contributed by atoms with Crippen molar-refractivity contribution in [1.29, 1.82) is 0 Å². The Labute approximate surface area is 579 Å². The molecule has 8 aromatic rings. The van der Waals surface area contributed by atoms with Gasteiger partial charge in [-0.1, -0.05) is 121 Å². The van der Waals surface area contributed by atoms with E-state index in [4.69, 9.17) is 34.7 Å². The Morgan fingerprint density at radius 2 is 0.533 bits per heavy atom. The second kappa shape index (κ2) is 31.2. The molecule has 0 aromatic heterocycles. The third-order valence-corrected chi connectivity index (χ3v) is 23.5. The van der Waals surface area contributed by atoms with E-state index in [9.17, 15) is 39.6 Å². The number of benzene rings is 8. The highest BCUT2D eigenvalue weighted by molar-refractivity contribution is 5.80. The molecular weight excluding hydrogens is 1620 g/mol. The topological polar surface area (TPSA) is 308 Å². The fraction of sp³-hybridized carbons (Fsp3) is 0.257. The van der Waals surface area contributed by atoms with Gasteiger partial charge in [-0.05, 0) is 121 Å². The molecule has 0 radical (unpaired) electrons. The second-order valence-electron chi connectivity index (χ2n) is 22.6. The van der Waals surface area contributed by atoms with Crippen LogP contribution in [0.1, 0.15) is 72.2 Å². The number of rotatable bonds is 15. The van der Waals surface area contributed by atoms with Crippen LogP contribution in [-0.4, -0.2) is 72.9 Å². The van der Waals surface area contributed by atoms with Crippen molar-refractivity contribution < 1.29 is 144 Å². The van der Waals surface area contributed by atoms with Gasteiger partial charge in [0.25, 0.3) is 0 Å². The van der Waals surface area contributed by atoms with E-state index in [-0.39, 0.29) is 27.5 Å². The third kappa shape index (κ3) is 17.1. The maximum atomic E-state index is 10.4. The van der Waals surface area contributed by atoms with E-state index in [0.29, 0.717) is 0 Å². The van der Waals surface area contributed by atoms with Gasteiger partial charge in [-0.15, -0.1) is 15.8 Å². The molecule has 0 saturated carbocycles. The Morgan fingerprint density at radius 1 is 0.337 bits per heavy atom. The van der Waals surface area contributed by atoms with Crippen LogP contribution >= 0.6 is 0 Å². The zero-order valence-electron chi connectivity index (χ0n) is 52.0. The second-order valence-corrected chi connectivity index (χ2v) is 33.3. The van der Waals surface area contributed by atoms with Gasteiger partial charge < -0.3 is 58.6 Å². The molecule has 0 amide bonds. The molecule has 92 heavy (non-hydrogen) atoms. The summed E-state index contributed by atoms with van der Waals surface area (Å²) >= 11 is -2.18. The van der Waals surface area contributed by atoms with Gasteiger partial charge >= 0.3 is 100 Å². The summed E-state index contributed by atoms with van der Waals surface area (Å²) in [6, 6.07) is 59.1. The highest BCUT2D eigenvalue weighted by atomic mass is 127. The minimum Gasteiger partial charge on any atom is -0.549 e. The van der Waals surface area contributed by atoms with Crippen LogP contribution in [0.4, 0.5) is 0 Å². The van der Waals surface area contributed by atoms with Crippen molar-refractivity contribution in [1.82, 2.24) is 9.80 Å². The van der Waals surface area contributed by atoms with Gasteiger partial charge in [-0.25, -0.2) is 0 Å². The summed E-state index contributed by atoms with van der Waals surface area (Å²) in [5.41, 5.74) is 19.4. The molecule has 4 aliphatic rings. The molecule has 4 heterocycles. The molecule has 22 heteroatoms. The molecule has 0 saturated heterocycles. The lowest BCUT2D eigenvalue weighted by Crippen LogP contribution is -3.73. The van der Waals surface area contributed by atoms with Crippen molar-refractivity contribution >= 4 is 23.9 Å². The predicted molar refractivity (Wildman–Crippen MR) is 328 cm³/mol. The van der Waals surface area contributed by atoms with Crippen LogP contribution in [0.25, 0.3) is 44.5 Å². The molecule has 18 nitrogen and oxygen atoms in total. The van der Waals surface area contributed by atoms with Gasteiger partial charge in [0, 0.05) is 89.2 Å². The minimum atomic E-state index is -1.53. The van der Waals surface area contributed by atoms with Crippen molar-refractivity contribution in [3.05, 3.63) is 214 Å². The van der Waals surface area contributed by atoms with E-state index in [0.717, 1.165) is 32.8 Å². The first-order valence-electron chi connectivity index (χ1n) is 29.0. The fourth-order valence-corrected chi connectivity index (χ4v) is 15.7. The van der Waals surface area contributed by atoms with Crippen LogP contribution in [0.2, 0.25) is 0 Å². The van der Waals surface area contributed by atoms with Gasteiger partial charge in [-0.3, -0.25) is 9.80 Å². The average molecular weight is 1700 g/mol. The quantitative estimate of drug-likeness (QED) is 0.0421. The van der Waals surface area contributed by atoms with Crippen LogP contribution in [0, 0.1) is 27.7 Å². The molecule has 0 spiro atoms. The number of carboxylic acids is 4. The lowest BCUT2D eigenvalue weighted by atomic mass is 9.93. The monoisotopic (exact) mass is 1700 g/mol. The normalized spacial score (nSPS) is 18.6. The number of carbonyl (C=O) groups is 4. The molecule has 8 aromatic carbocycles. The first kappa shape index (κ1) is 71.4. The number of carboxylic acid groups (broad SMARTS) is 4. The average Bonchev–Trinajstić information content (AvgIpc) is 0.782. The maximum absolute atomic E-state index is 10.4. The van der Waals surface area contributed by atoms with Gasteiger partial charge in [0.15, 0.2) is 0 Å². The number of nitrogens with zero attached hydrogens (tertiary/aromatic N) is 2. The van der Waals surface area contributed by atoms with Crippen LogP contribution in [-0.2, 0) is 33.6 Å². The first-order valence-corrected chi connectivity index (χ1v) is 38.3. The summed E-state index contributed by atoms with van der Waals surface area (Å²) < 4.78 is 47.6. The van der Waals surface area contributed by atoms with Gasteiger partial charge in [0.2, 0.25) is 0 Å². The summed E-state index contributed by atoms with van der Waals surface area (Å²) in [6.07, 6.45) is 0. The zero-order chi connectivity index (χ0) is 66.7. The highest BCUT2D eigenvalue weighted by Gasteiger charge is 2.51. The Kier molecular flexibility index (Phi) is 24.2. The molecular formula is C70H72I4N6O12. The minimum absolute atomic E-state index is 0.206. The zero-order valence-corrected chi connectivity index (χ0v) is 60.7. The Balaban J connectivity index is 0.000000148. The van der Waals surface area contributed by atoms with Crippen LogP contribution in [0.5, 0.6) is 23.0 Å². The lowest BCUT2D eigenvalue weighted by molar-refractivity contribution is -0.779. The molecule has 0 aliphatic carbocycles. The number of ether oxygens (including phenoxy) is 4. The molecule has 12 rings (SSSR count). The van der Waals surface area contributed by atoms with E-state index in [1.165, 1.54) is 89.0 Å². The van der Waals surface area contributed by atoms with E-state index in [2.05, 4.69) is 225 Å². The van der Waals surface area contributed by atoms with E-state index >= 15 is 0 Å². The first-order chi connectivity index (χ1) is 43.8. The summed E-state index contributed by atoms with van der Waals surface area (Å²) in [5.74, 6) is -2.28. The number of halogens is 4. The number of alkyl halides is 4. The summed E-state index contributed by atoms with van der Waals surface area (Å²) in [7, 11) is 0. The molecule has 4 unspecified atom stereocenters. The summed E-state index contributed by atoms with van der Waals surface area (Å²) in [6.45, 7) is 13.5. The number of hydrogen-bond donors (Lipinski definition) is 4. The highest BCUT2D eigenvalue weighted by Crippen LogP contribution is 2.46. The van der Waals surface area contributed by atoms with Crippen molar-refractivity contribution in [3.8, 4) is 67.5 Å². The molecule has 4 aliphatic heterocycles. The number of carbonyl (C=O) groups excluding carboxylic acids is 4. The lowest BCUT2D eigenvalue weighted by Gasteiger charge is -2.28. The summed E-state index contributed by atoms with van der Waals surface area (Å²) in [4.78, 5) is 43.4. The van der Waals surface area contributed by atoms with E-state index in [1.807, 2.05) is 0 Å². The summed E-state index contributed by atoms with van der Waals surface area (Å²) in [5, 5.41) is 41.6. The van der Waals surface area contributed by atoms with Crippen molar-refractivity contribution in [2.45, 2.75) is 69.8 Å². The Hall–Kier alpha value is -6.48. The van der Waals surface area contributed by atoms with Gasteiger partial charge in [0.05, 0.1) is 46.1 Å². The maximum Gasteiger partial charge on any atom is 0.439 e. The van der Waals surface area contributed by atoms with Gasteiger partial charge in [-0.2, -0.15) is 0 Å². The van der Waals surface area contributed by atoms with Crippen molar-refractivity contribution in [2.24, 2.45) is 15.8 Å².